The zero-order chi connectivity index (χ0) is 9.71. The summed E-state index contributed by atoms with van der Waals surface area (Å²) in [7, 11) is 1.79. The average molecular weight is 196 g/mol. The molecule has 0 saturated heterocycles. The smallest absolute Gasteiger partial charge is 0.0600 e. The molecule has 1 N–H and O–H groups in total. The third-order valence-electron chi connectivity index (χ3n) is 4.92. The molecule has 0 amide bonds. The molecule has 2 heteroatoms. The second kappa shape index (κ2) is 3.21. The molecule has 4 fully saturated rings. The van der Waals surface area contributed by atoms with E-state index in [4.69, 9.17) is 4.74 Å². The van der Waals surface area contributed by atoms with Crippen LogP contribution in [0.3, 0.4) is 0 Å². The van der Waals surface area contributed by atoms with Gasteiger partial charge >= 0.3 is 0 Å². The Labute approximate surface area is 85.6 Å². The normalized spacial score (nSPS) is 55.3. The number of methoxy groups -OCH3 is 1. The SMILES string of the molecule is COCC1C2CC3CC(C2)C(O)C1C3. The Hall–Kier alpha value is -0.0800. The Balaban J connectivity index is 1.82. The lowest BCUT2D eigenvalue weighted by atomic mass is 9.51. The molecule has 0 spiro atoms. The maximum absolute atomic E-state index is 10.2. The van der Waals surface area contributed by atoms with E-state index < -0.39 is 0 Å². The van der Waals surface area contributed by atoms with Gasteiger partial charge in [0.2, 0.25) is 0 Å². The van der Waals surface area contributed by atoms with Gasteiger partial charge in [-0.1, -0.05) is 0 Å². The summed E-state index contributed by atoms with van der Waals surface area (Å²) < 4.78 is 5.30. The number of aliphatic hydroxyl groups excluding tert-OH is 1. The van der Waals surface area contributed by atoms with Crippen LogP contribution in [0, 0.1) is 29.6 Å². The number of rotatable bonds is 2. The van der Waals surface area contributed by atoms with Crippen molar-refractivity contribution in [2.75, 3.05) is 13.7 Å². The Morgan fingerprint density at radius 1 is 1.14 bits per heavy atom. The highest BCUT2D eigenvalue weighted by Crippen LogP contribution is 2.56. The lowest BCUT2D eigenvalue weighted by Gasteiger charge is -2.56. The van der Waals surface area contributed by atoms with Gasteiger partial charge in [0.15, 0.2) is 0 Å². The van der Waals surface area contributed by atoms with Gasteiger partial charge in [0, 0.05) is 13.7 Å². The van der Waals surface area contributed by atoms with E-state index >= 15 is 0 Å². The Kier molecular flexibility index (Phi) is 2.10. The van der Waals surface area contributed by atoms with Crippen molar-refractivity contribution in [1.82, 2.24) is 0 Å². The maximum Gasteiger partial charge on any atom is 0.0600 e. The molecule has 4 bridgehead atoms. The summed E-state index contributed by atoms with van der Waals surface area (Å²) in [5, 5.41) is 10.2. The van der Waals surface area contributed by atoms with Gasteiger partial charge in [0.05, 0.1) is 6.10 Å². The van der Waals surface area contributed by atoms with Crippen LogP contribution >= 0.6 is 0 Å². The fourth-order valence-electron chi connectivity index (χ4n) is 4.46. The van der Waals surface area contributed by atoms with Crippen molar-refractivity contribution < 1.29 is 9.84 Å². The van der Waals surface area contributed by atoms with Crippen molar-refractivity contribution in [3.63, 3.8) is 0 Å². The summed E-state index contributed by atoms with van der Waals surface area (Å²) >= 11 is 0. The number of aliphatic hydroxyl groups is 1. The van der Waals surface area contributed by atoms with Crippen molar-refractivity contribution in [1.29, 1.82) is 0 Å². The molecule has 0 aromatic carbocycles. The highest BCUT2D eigenvalue weighted by atomic mass is 16.5. The maximum atomic E-state index is 10.2. The zero-order valence-corrected chi connectivity index (χ0v) is 8.86. The van der Waals surface area contributed by atoms with Crippen molar-refractivity contribution >= 4 is 0 Å². The van der Waals surface area contributed by atoms with Crippen LogP contribution in [-0.2, 0) is 4.74 Å². The van der Waals surface area contributed by atoms with E-state index in [-0.39, 0.29) is 6.10 Å². The first-order valence-electron chi connectivity index (χ1n) is 5.96. The molecule has 0 aliphatic heterocycles. The molecule has 4 aliphatic carbocycles. The first-order valence-corrected chi connectivity index (χ1v) is 5.96. The molecule has 2 nitrogen and oxygen atoms in total. The molecule has 4 saturated carbocycles. The van der Waals surface area contributed by atoms with Gasteiger partial charge in [0.1, 0.15) is 0 Å². The molecule has 6 atom stereocenters. The Morgan fingerprint density at radius 3 is 2.71 bits per heavy atom. The number of hydrogen-bond donors (Lipinski definition) is 1. The first-order chi connectivity index (χ1) is 6.79. The van der Waals surface area contributed by atoms with E-state index in [1.807, 2.05) is 0 Å². The highest BCUT2D eigenvalue weighted by Gasteiger charge is 2.52. The fourth-order valence-corrected chi connectivity index (χ4v) is 4.46. The molecular formula is C12H20O2. The monoisotopic (exact) mass is 196 g/mol. The second-order valence-corrected chi connectivity index (χ2v) is 5.60. The summed E-state index contributed by atoms with van der Waals surface area (Å²) in [6, 6.07) is 0. The van der Waals surface area contributed by atoms with E-state index in [2.05, 4.69) is 0 Å². The molecule has 0 aromatic heterocycles. The standard InChI is InChI=1S/C12H20O2/c1-14-6-11-8-2-7-3-9(5-8)12(13)10(11)4-7/h7-13H,2-6H2,1H3. The van der Waals surface area contributed by atoms with Gasteiger partial charge in [0.25, 0.3) is 0 Å². The van der Waals surface area contributed by atoms with E-state index in [0.29, 0.717) is 17.8 Å². The minimum absolute atomic E-state index is 0.0112. The third kappa shape index (κ3) is 1.17. The van der Waals surface area contributed by atoms with E-state index in [0.717, 1.165) is 18.4 Å². The zero-order valence-electron chi connectivity index (χ0n) is 8.86. The van der Waals surface area contributed by atoms with Crippen molar-refractivity contribution in [2.45, 2.75) is 31.8 Å². The summed E-state index contributed by atoms with van der Waals surface area (Å²) in [5.41, 5.74) is 0. The molecule has 6 unspecified atom stereocenters. The quantitative estimate of drug-likeness (QED) is 0.728. The van der Waals surface area contributed by atoms with Crippen LogP contribution in [0.4, 0.5) is 0 Å². The molecule has 4 aliphatic rings. The van der Waals surface area contributed by atoms with Crippen LogP contribution in [0.25, 0.3) is 0 Å². The molecule has 80 valence electrons. The van der Waals surface area contributed by atoms with Gasteiger partial charge in [-0.25, -0.2) is 0 Å². The first kappa shape index (κ1) is 9.17. The molecule has 4 rings (SSSR count). The molecule has 14 heavy (non-hydrogen) atoms. The predicted octanol–water partition coefficient (Wildman–Crippen LogP) is 1.68. The summed E-state index contributed by atoms with van der Waals surface area (Å²) in [5.74, 6) is 3.64. The number of ether oxygens (including phenoxy) is 1. The van der Waals surface area contributed by atoms with Gasteiger partial charge in [-0.3, -0.25) is 0 Å². The van der Waals surface area contributed by atoms with Crippen LogP contribution in [0.5, 0.6) is 0 Å². The molecular weight excluding hydrogens is 176 g/mol. The molecule has 0 aromatic rings. The van der Waals surface area contributed by atoms with Gasteiger partial charge in [-0.15, -0.1) is 0 Å². The van der Waals surface area contributed by atoms with Gasteiger partial charge < -0.3 is 9.84 Å². The van der Waals surface area contributed by atoms with E-state index in [1.54, 1.807) is 7.11 Å². The van der Waals surface area contributed by atoms with Gasteiger partial charge in [-0.2, -0.15) is 0 Å². The minimum Gasteiger partial charge on any atom is -0.393 e. The Morgan fingerprint density at radius 2 is 1.93 bits per heavy atom. The van der Waals surface area contributed by atoms with Crippen molar-refractivity contribution in [2.24, 2.45) is 29.6 Å². The van der Waals surface area contributed by atoms with Crippen molar-refractivity contribution in [3.05, 3.63) is 0 Å². The second-order valence-electron chi connectivity index (χ2n) is 5.60. The predicted molar refractivity (Wildman–Crippen MR) is 53.8 cm³/mol. The average Bonchev–Trinajstić information content (AvgIpc) is 2.18. The molecule has 0 radical (unpaired) electrons. The lowest BCUT2D eigenvalue weighted by molar-refractivity contribution is -0.142. The fraction of sp³-hybridized carbons (Fsp3) is 1.00. The minimum atomic E-state index is -0.0112. The third-order valence-corrected chi connectivity index (χ3v) is 4.92. The van der Waals surface area contributed by atoms with Crippen LogP contribution in [0.1, 0.15) is 25.7 Å². The molecule has 0 heterocycles. The highest BCUT2D eigenvalue weighted by molar-refractivity contribution is 5.02. The van der Waals surface area contributed by atoms with Crippen LogP contribution in [0.2, 0.25) is 0 Å². The largest absolute Gasteiger partial charge is 0.393 e. The summed E-state index contributed by atoms with van der Waals surface area (Å²) in [6.07, 6.45) is 5.23. The topological polar surface area (TPSA) is 29.5 Å². The van der Waals surface area contributed by atoms with Crippen LogP contribution < -0.4 is 0 Å². The lowest BCUT2D eigenvalue weighted by Crippen LogP contribution is -2.54. The summed E-state index contributed by atoms with van der Waals surface area (Å²) in [4.78, 5) is 0. The van der Waals surface area contributed by atoms with Crippen molar-refractivity contribution in [3.8, 4) is 0 Å². The van der Waals surface area contributed by atoms with Crippen LogP contribution in [0.15, 0.2) is 0 Å². The van der Waals surface area contributed by atoms with Gasteiger partial charge in [-0.05, 0) is 55.3 Å². The van der Waals surface area contributed by atoms with E-state index in [1.165, 1.54) is 25.7 Å². The summed E-state index contributed by atoms with van der Waals surface area (Å²) in [6.45, 7) is 0.867. The van der Waals surface area contributed by atoms with Crippen LogP contribution in [-0.4, -0.2) is 24.9 Å². The number of hydrogen-bond acceptors (Lipinski definition) is 2. The van der Waals surface area contributed by atoms with E-state index in [9.17, 15) is 5.11 Å². The Bertz CT molecular complexity index is 228.